The molecule has 1 saturated heterocycles. The summed E-state index contributed by atoms with van der Waals surface area (Å²) < 4.78 is 16.6. The van der Waals surface area contributed by atoms with E-state index in [1.807, 2.05) is 13.8 Å². The zero-order valence-electron chi connectivity index (χ0n) is 11.6. The molecule has 0 aromatic carbocycles. The fourth-order valence-corrected chi connectivity index (χ4v) is 2.21. The van der Waals surface area contributed by atoms with Crippen molar-refractivity contribution < 1.29 is 19.3 Å². The van der Waals surface area contributed by atoms with Crippen molar-refractivity contribution in [2.45, 2.75) is 39.1 Å². The van der Waals surface area contributed by atoms with Crippen LogP contribution in [0.4, 0.5) is 0 Å². The molecule has 5 nitrogen and oxygen atoms in total. The molecule has 18 heavy (non-hydrogen) atoms. The quantitative estimate of drug-likeness (QED) is 0.624. The molecule has 108 valence electrons. The number of piperidine rings is 1. The van der Waals surface area contributed by atoms with E-state index >= 15 is 0 Å². The van der Waals surface area contributed by atoms with Crippen LogP contribution < -0.4 is 0 Å². The van der Waals surface area contributed by atoms with E-state index in [1.54, 1.807) is 0 Å². The maximum absolute atomic E-state index is 8.72. The van der Waals surface area contributed by atoms with Crippen molar-refractivity contribution in [3.63, 3.8) is 0 Å². The van der Waals surface area contributed by atoms with E-state index < -0.39 is 0 Å². The first-order valence-corrected chi connectivity index (χ1v) is 6.98. The molecule has 0 spiro atoms. The minimum atomic E-state index is -0.116. The number of nitrogens with zero attached hydrogens (tertiary/aromatic N) is 1. The predicted octanol–water partition coefficient (Wildman–Crippen LogP) is 0.859. The van der Waals surface area contributed by atoms with Gasteiger partial charge < -0.3 is 19.3 Å². The summed E-state index contributed by atoms with van der Waals surface area (Å²) in [6.45, 7) is 8.74. The van der Waals surface area contributed by atoms with Gasteiger partial charge in [-0.1, -0.05) is 0 Å². The van der Waals surface area contributed by atoms with Gasteiger partial charge >= 0.3 is 0 Å². The number of hydrogen-bond acceptors (Lipinski definition) is 5. The Morgan fingerprint density at radius 1 is 1.17 bits per heavy atom. The summed E-state index contributed by atoms with van der Waals surface area (Å²) >= 11 is 0. The van der Waals surface area contributed by atoms with Gasteiger partial charge in [-0.2, -0.15) is 0 Å². The van der Waals surface area contributed by atoms with Crippen LogP contribution in [-0.2, 0) is 14.2 Å². The zero-order chi connectivity index (χ0) is 13.2. The van der Waals surface area contributed by atoms with Gasteiger partial charge in [0.15, 0.2) is 6.29 Å². The van der Waals surface area contributed by atoms with Crippen LogP contribution in [0.25, 0.3) is 0 Å². The summed E-state index contributed by atoms with van der Waals surface area (Å²) in [5.41, 5.74) is 0. The van der Waals surface area contributed by atoms with Gasteiger partial charge in [-0.3, -0.25) is 4.90 Å². The topological polar surface area (TPSA) is 51.2 Å². The van der Waals surface area contributed by atoms with Crippen LogP contribution in [0, 0.1) is 0 Å². The third-order valence-electron chi connectivity index (χ3n) is 3.09. The Hall–Kier alpha value is -0.200. The van der Waals surface area contributed by atoms with Crippen molar-refractivity contribution in [3.05, 3.63) is 0 Å². The number of hydrogen-bond donors (Lipinski definition) is 1. The van der Waals surface area contributed by atoms with Gasteiger partial charge in [0, 0.05) is 32.8 Å². The second-order valence-electron chi connectivity index (χ2n) is 4.43. The molecule has 0 bridgehead atoms. The first-order valence-electron chi connectivity index (χ1n) is 6.98. The molecule has 1 aliphatic rings. The van der Waals surface area contributed by atoms with Crippen molar-refractivity contribution in [1.82, 2.24) is 4.90 Å². The number of aliphatic hydroxyl groups excluding tert-OH is 1. The van der Waals surface area contributed by atoms with Crippen molar-refractivity contribution in [2.24, 2.45) is 0 Å². The van der Waals surface area contributed by atoms with Gasteiger partial charge in [-0.15, -0.1) is 0 Å². The molecular formula is C13H27NO4. The molecule has 1 N–H and O–H groups in total. The highest BCUT2D eigenvalue weighted by Gasteiger charge is 2.22. The molecule has 0 amide bonds. The van der Waals surface area contributed by atoms with E-state index in [2.05, 4.69) is 4.90 Å². The second kappa shape index (κ2) is 9.69. The van der Waals surface area contributed by atoms with Crippen LogP contribution in [-0.4, -0.2) is 68.5 Å². The highest BCUT2D eigenvalue weighted by Crippen LogP contribution is 2.14. The molecular weight excluding hydrogens is 234 g/mol. The summed E-state index contributed by atoms with van der Waals surface area (Å²) in [6.07, 6.45) is 2.22. The minimum Gasteiger partial charge on any atom is -0.394 e. The van der Waals surface area contributed by atoms with Gasteiger partial charge in [-0.05, 0) is 26.7 Å². The molecule has 5 heteroatoms. The van der Waals surface area contributed by atoms with Crippen LogP contribution in [0.5, 0.6) is 0 Å². The normalized spacial score (nSPS) is 18.7. The SMILES string of the molecule is CCOC(CN1CCC(OCCO)CC1)OCC. The van der Waals surface area contributed by atoms with Gasteiger partial charge in [0.25, 0.3) is 0 Å². The van der Waals surface area contributed by atoms with Gasteiger partial charge in [0.1, 0.15) is 0 Å². The highest BCUT2D eigenvalue weighted by molar-refractivity contribution is 4.73. The number of ether oxygens (including phenoxy) is 3. The largest absolute Gasteiger partial charge is 0.394 e. The first kappa shape index (κ1) is 15.9. The number of rotatable bonds is 9. The van der Waals surface area contributed by atoms with Crippen LogP contribution in [0.1, 0.15) is 26.7 Å². The maximum atomic E-state index is 8.72. The van der Waals surface area contributed by atoms with Crippen molar-refractivity contribution >= 4 is 0 Å². The Bertz CT molecular complexity index is 189. The van der Waals surface area contributed by atoms with E-state index in [9.17, 15) is 0 Å². The highest BCUT2D eigenvalue weighted by atomic mass is 16.7. The lowest BCUT2D eigenvalue weighted by molar-refractivity contribution is -0.150. The molecule has 0 unspecified atom stereocenters. The molecule has 1 fully saturated rings. The van der Waals surface area contributed by atoms with Crippen LogP contribution in [0.15, 0.2) is 0 Å². The predicted molar refractivity (Wildman–Crippen MR) is 69.5 cm³/mol. The van der Waals surface area contributed by atoms with E-state index in [-0.39, 0.29) is 12.9 Å². The van der Waals surface area contributed by atoms with Crippen molar-refractivity contribution in [3.8, 4) is 0 Å². The summed E-state index contributed by atoms with van der Waals surface area (Å²) in [7, 11) is 0. The summed E-state index contributed by atoms with van der Waals surface area (Å²) in [4.78, 5) is 2.36. The molecule has 0 aliphatic carbocycles. The van der Waals surface area contributed by atoms with Crippen molar-refractivity contribution in [2.75, 3.05) is 46.1 Å². The molecule has 0 radical (unpaired) electrons. The van der Waals surface area contributed by atoms with E-state index in [4.69, 9.17) is 19.3 Å². The molecule has 1 rings (SSSR count). The molecule has 1 heterocycles. The second-order valence-corrected chi connectivity index (χ2v) is 4.43. The molecule has 0 atom stereocenters. The van der Waals surface area contributed by atoms with E-state index in [0.29, 0.717) is 25.9 Å². The first-order chi connectivity index (χ1) is 8.80. The maximum Gasteiger partial charge on any atom is 0.170 e. The number of aliphatic hydroxyl groups is 1. The molecule has 1 aliphatic heterocycles. The third-order valence-corrected chi connectivity index (χ3v) is 3.09. The summed E-state index contributed by atoms with van der Waals surface area (Å²) in [5.74, 6) is 0. The Kier molecular flexibility index (Phi) is 8.54. The Labute approximate surface area is 110 Å². The summed E-state index contributed by atoms with van der Waals surface area (Å²) in [6, 6.07) is 0. The molecule has 0 saturated carbocycles. The minimum absolute atomic E-state index is 0.108. The molecule has 0 aromatic heterocycles. The Balaban J connectivity index is 2.20. The van der Waals surface area contributed by atoms with Crippen LogP contribution >= 0.6 is 0 Å². The smallest absolute Gasteiger partial charge is 0.170 e. The zero-order valence-corrected chi connectivity index (χ0v) is 11.6. The van der Waals surface area contributed by atoms with Crippen molar-refractivity contribution in [1.29, 1.82) is 0 Å². The van der Waals surface area contributed by atoms with Crippen LogP contribution in [0.3, 0.4) is 0 Å². The van der Waals surface area contributed by atoms with Gasteiger partial charge in [0.05, 0.1) is 19.3 Å². The fourth-order valence-electron chi connectivity index (χ4n) is 2.21. The Morgan fingerprint density at radius 3 is 2.28 bits per heavy atom. The average molecular weight is 261 g/mol. The Morgan fingerprint density at radius 2 is 1.78 bits per heavy atom. The lowest BCUT2D eigenvalue weighted by Crippen LogP contribution is -2.42. The monoisotopic (exact) mass is 261 g/mol. The molecule has 0 aromatic rings. The van der Waals surface area contributed by atoms with E-state index in [1.165, 1.54) is 0 Å². The average Bonchev–Trinajstić information content (AvgIpc) is 2.38. The standard InChI is InChI=1S/C13H27NO4/c1-3-16-13(17-4-2)11-14-7-5-12(6-8-14)18-10-9-15/h12-13,15H,3-11H2,1-2H3. The lowest BCUT2D eigenvalue weighted by Gasteiger charge is -2.33. The fraction of sp³-hybridized carbons (Fsp3) is 1.00. The van der Waals surface area contributed by atoms with Gasteiger partial charge in [-0.25, -0.2) is 0 Å². The summed E-state index contributed by atoms with van der Waals surface area (Å²) in [5, 5.41) is 8.72. The van der Waals surface area contributed by atoms with E-state index in [0.717, 1.165) is 32.5 Å². The lowest BCUT2D eigenvalue weighted by atomic mass is 10.1. The van der Waals surface area contributed by atoms with Crippen LogP contribution in [0.2, 0.25) is 0 Å². The number of likely N-dealkylation sites (tertiary alicyclic amines) is 1. The van der Waals surface area contributed by atoms with Gasteiger partial charge in [0.2, 0.25) is 0 Å². The third kappa shape index (κ3) is 6.11.